The van der Waals surface area contributed by atoms with Crippen LogP contribution in [0.2, 0.25) is 0 Å². The Kier molecular flexibility index (Phi) is 3.42. The van der Waals surface area contributed by atoms with Gasteiger partial charge in [0.2, 0.25) is 0 Å². The first-order chi connectivity index (χ1) is 9.70. The van der Waals surface area contributed by atoms with Crippen molar-refractivity contribution < 1.29 is 14.6 Å². The molecule has 3 rings (SSSR count). The Morgan fingerprint density at radius 3 is 3.10 bits per heavy atom. The van der Waals surface area contributed by atoms with E-state index in [0.29, 0.717) is 25.4 Å². The quantitative estimate of drug-likeness (QED) is 0.862. The van der Waals surface area contributed by atoms with Crippen LogP contribution in [0.3, 0.4) is 0 Å². The van der Waals surface area contributed by atoms with Gasteiger partial charge in [-0.05, 0) is 6.07 Å². The van der Waals surface area contributed by atoms with Gasteiger partial charge in [-0.15, -0.1) is 0 Å². The molecule has 1 saturated heterocycles. The molecular formula is C14H17N3O3. The number of rotatable bonds is 2. The number of aromatic nitrogens is 2. The van der Waals surface area contributed by atoms with E-state index in [1.807, 2.05) is 31.3 Å². The van der Waals surface area contributed by atoms with Gasteiger partial charge in [0.1, 0.15) is 0 Å². The first kappa shape index (κ1) is 13.1. The molecule has 0 radical (unpaired) electrons. The summed E-state index contributed by atoms with van der Waals surface area (Å²) in [6.45, 7) is 1.30. The molecule has 6 heteroatoms. The van der Waals surface area contributed by atoms with Crippen LogP contribution in [0.1, 0.15) is 10.5 Å². The molecule has 1 aliphatic heterocycles. The number of hydrogen-bond acceptors (Lipinski definition) is 4. The second-order valence-electron chi connectivity index (χ2n) is 4.92. The minimum absolute atomic E-state index is 0.0766. The van der Waals surface area contributed by atoms with E-state index in [1.54, 1.807) is 9.58 Å². The zero-order valence-electron chi connectivity index (χ0n) is 11.3. The van der Waals surface area contributed by atoms with Gasteiger partial charge in [0.05, 0.1) is 24.8 Å². The van der Waals surface area contributed by atoms with Crippen molar-refractivity contribution in [1.82, 2.24) is 14.7 Å². The number of aliphatic hydroxyl groups is 1. The van der Waals surface area contributed by atoms with Crippen LogP contribution in [0.25, 0.3) is 10.9 Å². The first-order valence-corrected chi connectivity index (χ1v) is 6.64. The molecule has 2 heterocycles. The van der Waals surface area contributed by atoms with Crippen LogP contribution in [0.15, 0.2) is 24.3 Å². The summed E-state index contributed by atoms with van der Waals surface area (Å²) in [7, 11) is 1.83. The number of carbonyl (C=O) groups excluding carboxylic acids is 1. The Morgan fingerprint density at radius 2 is 2.30 bits per heavy atom. The van der Waals surface area contributed by atoms with E-state index in [4.69, 9.17) is 9.84 Å². The summed E-state index contributed by atoms with van der Waals surface area (Å²) >= 11 is 0. The van der Waals surface area contributed by atoms with Crippen LogP contribution in [0.5, 0.6) is 0 Å². The molecule has 0 aliphatic carbocycles. The molecule has 0 spiro atoms. The molecule has 6 nitrogen and oxygen atoms in total. The summed E-state index contributed by atoms with van der Waals surface area (Å²) in [5, 5.41) is 14.3. The molecule has 1 aromatic heterocycles. The van der Waals surface area contributed by atoms with Crippen LogP contribution in [0, 0.1) is 0 Å². The lowest BCUT2D eigenvalue weighted by molar-refractivity contribution is -0.0448. The third-order valence-corrected chi connectivity index (χ3v) is 3.59. The highest BCUT2D eigenvalue weighted by atomic mass is 16.5. The largest absolute Gasteiger partial charge is 0.394 e. The molecule has 1 N–H and O–H groups in total. The monoisotopic (exact) mass is 275 g/mol. The highest BCUT2D eigenvalue weighted by molar-refractivity contribution is 6.04. The van der Waals surface area contributed by atoms with Crippen molar-refractivity contribution in [3.05, 3.63) is 30.0 Å². The van der Waals surface area contributed by atoms with Crippen molar-refractivity contribution in [2.45, 2.75) is 6.10 Å². The summed E-state index contributed by atoms with van der Waals surface area (Å²) in [4.78, 5) is 14.3. The van der Waals surface area contributed by atoms with Gasteiger partial charge in [0.15, 0.2) is 5.69 Å². The fourth-order valence-electron chi connectivity index (χ4n) is 2.54. The van der Waals surface area contributed by atoms with Gasteiger partial charge >= 0.3 is 0 Å². The minimum Gasteiger partial charge on any atom is -0.394 e. The van der Waals surface area contributed by atoms with Gasteiger partial charge < -0.3 is 14.7 Å². The maximum atomic E-state index is 12.6. The van der Waals surface area contributed by atoms with Gasteiger partial charge in [-0.2, -0.15) is 5.10 Å². The van der Waals surface area contributed by atoms with Crippen molar-refractivity contribution in [1.29, 1.82) is 0 Å². The Morgan fingerprint density at radius 1 is 1.50 bits per heavy atom. The summed E-state index contributed by atoms with van der Waals surface area (Å²) in [6.07, 6.45) is -0.303. The molecule has 0 bridgehead atoms. The van der Waals surface area contributed by atoms with Gasteiger partial charge in [0, 0.05) is 25.5 Å². The summed E-state index contributed by atoms with van der Waals surface area (Å²) < 4.78 is 7.08. The number of amides is 1. The number of aliphatic hydroxyl groups excluding tert-OH is 1. The molecule has 106 valence electrons. The van der Waals surface area contributed by atoms with Gasteiger partial charge in [-0.25, -0.2) is 0 Å². The summed E-state index contributed by atoms with van der Waals surface area (Å²) in [5.41, 5.74) is 1.39. The van der Waals surface area contributed by atoms with Gasteiger partial charge in [-0.1, -0.05) is 18.2 Å². The lowest BCUT2D eigenvalue weighted by Gasteiger charge is -2.31. The number of para-hydroxylation sites is 1. The average molecular weight is 275 g/mol. The Balaban J connectivity index is 1.92. The van der Waals surface area contributed by atoms with E-state index >= 15 is 0 Å². The van der Waals surface area contributed by atoms with E-state index in [9.17, 15) is 4.79 Å². The Bertz CT molecular complexity index is 638. The van der Waals surface area contributed by atoms with Crippen molar-refractivity contribution in [3.63, 3.8) is 0 Å². The smallest absolute Gasteiger partial charge is 0.275 e. The summed E-state index contributed by atoms with van der Waals surface area (Å²) in [6, 6.07) is 7.67. The number of ether oxygens (including phenoxy) is 1. The lowest BCUT2D eigenvalue weighted by Crippen LogP contribution is -2.47. The van der Waals surface area contributed by atoms with Crippen LogP contribution >= 0.6 is 0 Å². The predicted octanol–water partition coefficient (Wildman–Crippen LogP) is 0.407. The van der Waals surface area contributed by atoms with E-state index in [2.05, 4.69) is 5.10 Å². The van der Waals surface area contributed by atoms with Crippen LogP contribution in [-0.4, -0.2) is 58.1 Å². The second-order valence-corrected chi connectivity index (χ2v) is 4.92. The number of morpholine rings is 1. The Hall–Kier alpha value is -1.92. The van der Waals surface area contributed by atoms with E-state index in [-0.39, 0.29) is 18.6 Å². The molecule has 0 unspecified atom stereocenters. The number of hydrogen-bond donors (Lipinski definition) is 1. The zero-order chi connectivity index (χ0) is 14.1. The average Bonchev–Trinajstić information content (AvgIpc) is 2.84. The maximum Gasteiger partial charge on any atom is 0.275 e. The van der Waals surface area contributed by atoms with Crippen LogP contribution in [0.4, 0.5) is 0 Å². The highest BCUT2D eigenvalue weighted by Crippen LogP contribution is 2.20. The molecular weight excluding hydrogens is 258 g/mol. The molecule has 20 heavy (non-hydrogen) atoms. The first-order valence-electron chi connectivity index (χ1n) is 6.64. The number of nitrogens with zero attached hydrogens (tertiary/aromatic N) is 3. The topological polar surface area (TPSA) is 67.6 Å². The van der Waals surface area contributed by atoms with Crippen molar-refractivity contribution >= 4 is 16.8 Å². The van der Waals surface area contributed by atoms with Crippen molar-refractivity contribution in [2.24, 2.45) is 7.05 Å². The third-order valence-electron chi connectivity index (χ3n) is 3.59. The molecule has 1 aromatic carbocycles. The van der Waals surface area contributed by atoms with Crippen molar-refractivity contribution in [3.8, 4) is 0 Å². The molecule has 1 atom stereocenters. The number of carbonyl (C=O) groups is 1. The zero-order valence-corrected chi connectivity index (χ0v) is 11.3. The molecule has 0 saturated carbocycles. The fourth-order valence-corrected chi connectivity index (χ4v) is 2.54. The molecule has 1 fully saturated rings. The van der Waals surface area contributed by atoms with Gasteiger partial charge in [-0.3, -0.25) is 9.48 Å². The molecule has 1 amide bonds. The van der Waals surface area contributed by atoms with E-state index in [0.717, 1.165) is 10.9 Å². The Labute approximate surface area is 116 Å². The number of benzene rings is 1. The van der Waals surface area contributed by atoms with Gasteiger partial charge in [0.25, 0.3) is 5.91 Å². The SMILES string of the molecule is Cn1nc(C(=O)N2CCO[C@H](CO)C2)c2ccccc21. The maximum absolute atomic E-state index is 12.6. The lowest BCUT2D eigenvalue weighted by atomic mass is 10.2. The fraction of sp³-hybridized carbons (Fsp3) is 0.429. The predicted molar refractivity (Wildman–Crippen MR) is 73.4 cm³/mol. The molecule has 1 aliphatic rings. The second kappa shape index (κ2) is 5.22. The number of aryl methyl sites for hydroxylation is 1. The van der Waals surface area contributed by atoms with E-state index in [1.165, 1.54) is 0 Å². The minimum atomic E-state index is -0.303. The van der Waals surface area contributed by atoms with Crippen molar-refractivity contribution in [2.75, 3.05) is 26.3 Å². The van der Waals surface area contributed by atoms with Crippen LogP contribution < -0.4 is 0 Å². The standard InChI is InChI=1S/C14H17N3O3/c1-16-12-5-3-2-4-11(12)13(15-16)14(19)17-6-7-20-10(8-17)9-18/h2-5,10,18H,6-9H2,1H3/t10-/m0/s1. The number of fused-ring (bicyclic) bond motifs is 1. The summed E-state index contributed by atoms with van der Waals surface area (Å²) in [5.74, 6) is -0.108. The normalized spacial score (nSPS) is 19.5. The van der Waals surface area contributed by atoms with Crippen LogP contribution in [-0.2, 0) is 11.8 Å². The van der Waals surface area contributed by atoms with E-state index < -0.39 is 0 Å². The highest BCUT2D eigenvalue weighted by Gasteiger charge is 2.27. The molecule has 2 aromatic rings. The third kappa shape index (κ3) is 2.17.